The third kappa shape index (κ3) is 17.9. The first-order valence-electron chi connectivity index (χ1n) is 13.1. The molecule has 33 heavy (non-hydrogen) atoms. The highest BCUT2D eigenvalue weighted by molar-refractivity contribution is 5.94. The predicted octanol–water partition coefficient (Wildman–Crippen LogP) is 6.86. The summed E-state index contributed by atoms with van der Waals surface area (Å²) in [6.07, 6.45) is 21.1. The van der Waals surface area contributed by atoms with Crippen LogP contribution >= 0.6 is 0 Å². The molecule has 0 aliphatic carbocycles. The van der Waals surface area contributed by atoms with Gasteiger partial charge in [-0.15, -0.1) is 0 Å². The summed E-state index contributed by atoms with van der Waals surface area (Å²) in [6, 6.07) is 5.56. The molecular formula is C27H46N2O4. The van der Waals surface area contributed by atoms with Crippen LogP contribution in [0.1, 0.15) is 110 Å². The van der Waals surface area contributed by atoms with E-state index in [0.29, 0.717) is 12.3 Å². The number of phenols is 1. The van der Waals surface area contributed by atoms with Crippen molar-refractivity contribution in [1.82, 2.24) is 10.6 Å². The third-order valence-electron chi connectivity index (χ3n) is 5.78. The maximum atomic E-state index is 11.7. The number of amides is 3. The Balaban J connectivity index is 1.82. The van der Waals surface area contributed by atoms with Gasteiger partial charge in [0.25, 0.3) is 5.91 Å². The van der Waals surface area contributed by atoms with Crippen LogP contribution in [0.5, 0.6) is 11.5 Å². The third-order valence-corrected chi connectivity index (χ3v) is 5.78. The van der Waals surface area contributed by atoms with Crippen LogP contribution in [0.15, 0.2) is 24.3 Å². The lowest BCUT2D eigenvalue weighted by Gasteiger charge is -2.08. The standard InChI is InChI=1S/C27H46N2O4/c1-2-3-4-5-6-7-8-9-10-11-12-13-14-15-16-17-22-28-27(32)29-26(31)23-33-25-20-18-24(30)19-21-25/h18-21,30H,2-17,22-23H2,1H3,(H2,28,29,31,32). The number of ether oxygens (including phenoxy) is 1. The van der Waals surface area contributed by atoms with Crippen LogP contribution in [0.2, 0.25) is 0 Å². The van der Waals surface area contributed by atoms with E-state index < -0.39 is 11.9 Å². The average Bonchev–Trinajstić information content (AvgIpc) is 2.80. The molecule has 0 spiro atoms. The molecule has 0 heterocycles. The van der Waals surface area contributed by atoms with Gasteiger partial charge in [-0.1, -0.05) is 103 Å². The molecule has 0 atom stereocenters. The zero-order valence-corrected chi connectivity index (χ0v) is 20.7. The first kappa shape index (κ1) is 28.8. The molecule has 6 nitrogen and oxygen atoms in total. The van der Waals surface area contributed by atoms with Crippen molar-refractivity contribution in [3.8, 4) is 11.5 Å². The number of rotatable bonds is 20. The minimum Gasteiger partial charge on any atom is -0.508 e. The zero-order chi connectivity index (χ0) is 24.0. The number of unbranched alkanes of at least 4 members (excludes halogenated alkanes) is 15. The van der Waals surface area contributed by atoms with Crippen molar-refractivity contribution < 1.29 is 19.4 Å². The molecule has 0 aliphatic heterocycles. The maximum absolute atomic E-state index is 11.7. The lowest BCUT2D eigenvalue weighted by atomic mass is 10.0. The van der Waals surface area contributed by atoms with Crippen molar-refractivity contribution in [3.05, 3.63) is 24.3 Å². The number of carbonyl (C=O) groups is 2. The van der Waals surface area contributed by atoms with E-state index in [0.717, 1.165) is 12.8 Å². The van der Waals surface area contributed by atoms with Crippen LogP contribution in [0, 0.1) is 0 Å². The quantitative estimate of drug-likeness (QED) is 0.185. The van der Waals surface area contributed by atoms with Gasteiger partial charge in [0, 0.05) is 6.54 Å². The molecule has 0 bridgehead atoms. The highest BCUT2D eigenvalue weighted by atomic mass is 16.5. The monoisotopic (exact) mass is 462 g/mol. The van der Waals surface area contributed by atoms with Crippen LogP contribution in [0.3, 0.4) is 0 Å². The Morgan fingerprint density at radius 3 is 1.67 bits per heavy atom. The van der Waals surface area contributed by atoms with Gasteiger partial charge in [0.15, 0.2) is 6.61 Å². The fourth-order valence-corrected chi connectivity index (χ4v) is 3.77. The second kappa shape index (κ2) is 20.4. The summed E-state index contributed by atoms with van der Waals surface area (Å²) in [5.41, 5.74) is 0. The van der Waals surface area contributed by atoms with Crippen molar-refractivity contribution in [3.63, 3.8) is 0 Å². The SMILES string of the molecule is CCCCCCCCCCCCCCCCCCNC(=O)NC(=O)COc1ccc(O)cc1. The first-order chi connectivity index (χ1) is 16.1. The summed E-state index contributed by atoms with van der Waals surface area (Å²) in [5.74, 6) is 0.0735. The first-order valence-corrected chi connectivity index (χ1v) is 13.1. The van der Waals surface area contributed by atoms with Crippen molar-refractivity contribution in [2.45, 2.75) is 110 Å². The predicted molar refractivity (Wildman–Crippen MR) is 135 cm³/mol. The van der Waals surface area contributed by atoms with E-state index in [1.165, 1.54) is 102 Å². The van der Waals surface area contributed by atoms with E-state index in [2.05, 4.69) is 17.6 Å². The van der Waals surface area contributed by atoms with E-state index in [9.17, 15) is 14.7 Å². The normalized spacial score (nSPS) is 10.7. The summed E-state index contributed by atoms with van der Waals surface area (Å²) in [5, 5.41) is 14.2. The molecule has 6 heteroatoms. The Bertz CT molecular complexity index is 619. The number of imide groups is 1. The van der Waals surface area contributed by atoms with Gasteiger partial charge in [0.1, 0.15) is 11.5 Å². The highest BCUT2D eigenvalue weighted by Gasteiger charge is 2.08. The van der Waals surface area contributed by atoms with Crippen LogP contribution in [0.4, 0.5) is 4.79 Å². The lowest BCUT2D eigenvalue weighted by molar-refractivity contribution is -0.122. The largest absolute Gasteiger partial charge is 0.508 e. The molecule has 0 unspecified atom stereocenters. The second-order valence-electron chi connectivity index (χ2n) is 8.89. The van der Waals surface area contributed by atoms with Gasteiger partial charge in [-0.25, -0.2) is 4.79 Å². The average molecular weight is 463 g/mol. The number of urea groups is 1. The molecule has 3 N–H and O–H groups in total. The molecule has 0 fully saturated rings. The number of nitrogens with one attached hydrogen (secondary N) is 2. The summed E-state index contributed by atoms with van der Waals surface area (Å²) < 4.78 is 5.26. The fourth-order valence-electron chi connectivity index (χ4n) is 3.77. The molecule has 3 amide bonds. The van der Waals surface area contributed by atoms with Crippen molar-refractivity contribution in [2.24, 2.45) is 0 Å². The summed E-state index contributed by atoms with van der Waals surface area (Å²) in [7, 11) is 0. The number of carbonyl (C=O) groups excluding carboxylic acids is 2. The Morgan fingerprint density at radius 1 is 0.727 bits per heavy atom. The molecule has 1 aromatic carbocycles. The number of phenolic OH excluding ortho intramolecular Hbond substituents is 1. The van der Waals surface area contributed by atoms with Gasteiger partial charge in [-0.3, -0.25) is 10.1 Å². The molecule has 0 aliphatic rings. The van der Waals surface area contributed by atoms with Crippen LogP contribution in [-0.2, 0) is 4.79 Å². The van der Waals surface area contributed by atoms with Crippen LogP contribution < -0.4 is 15.4 Å². The molecular weight excluding hydrogens is 416 g/mol. The van der Waals surface area contributed by atoms with E-state index in [4.69, 9.17) is 4.74 Å². The van der Waals surface area contributed by atoms with E-state index in [1.54, 1.807) is 12.1 Å². The van der Waals surface area contributed by atoms with Gasteiger partial charge in [0.05, 0.1) is 0 Å². The van der Waals surface area contributed by atoms with E-state index in [1.807, 2.05) is 0 Å². The Morgan fingerprint density at radius 2 is 1.18 bits per heavy atom. The minimum atomic E-state index is -0.507. The van der Waals surface area contributed by atoms with Crippen molar-refractivity contribution in [1.29, 1.82) is 0 Å². The van der Waals surface area contributed by atoms with Gasteiger partial charge in [-0.05, 0) is 30.7 Å². The minimum absolute atomic E-state index is 0.125. The molecule has 0 saturated carbocycles. The lowest BCUT2D eigenvalue weighted by Crippen LogP contribution is -2.41. The highest BCUT2D eigenvalue weighted by Crippen LogP contribution is 2.16. The molecule has 1 aromatic rings. The number of benzene rings is 1. The fraction of sp³-hybridized carbons (Fsp3) is 0.704. The molecule has 0 radical (unpaired) electrons. The smallest absolute Gasteiger partial charge is 0.321 e. The van der Waals surface area contributed by atoms with E-state index >= 15 is 0 Å². The van der Waals surface area contributed by atoms with Gasteiger partial charge in [-0.2, -0.15) is 0 Å². The molecule has 0 saturated heterocycles. The summed E-state index contributed by atoms with van der Waals surface area (Å²) in [6.45, 7) is 2.58. The van der Waals surface area contributed by atoms with E-state index in [-0.39, 0.29) is 12.4 Å². The molecule has 1 rings (SSSR count). The topological polar surface area (TPSA) is 87.7 Å². The van der Waals surface area contributed by atoms with Gasteiger partial charge < -0.3 is 15.2 Å². The number of hydrogen-bond acceptors (Lipinski definition) is 4. The summed E-state index contributed by atoms with van der Waals surface area (Å²) in [4.78, 5) is 23.5. The maximum Gasteiger partial charge on any atom is 0.321 e. The summed E-state index contributed by atoms with van der Waals surface area (Å²) >= 11 is 0. The van der Waals surface area contributed by atoms with Crippen molar-refractivity contribution in [2.75, 3.05) is 13.2 Å². The Labute approximate surface area is 200 Å². The number of aromatic hydroxyl groups is 1. The number of hydrogen-bond donors (Lipinski definition) is 3. The Hall–Kier alpha value is -2.24. The second-order valence-corrected chi connectivity index (χ2v) is 8.89. The van der Waals surface area contributed by atoms with Gasteiger partial charge >= 0.3 is 6.03 Å². The Kier molecular flexibility index (Phi) is 17.8. The van der Waals surface area contributed by atoms with Crippen LogP contribution in [0.25, 0.3) is 0 Å². The molecule has 0 aromatic heterocycles. The van der Waals surface area contributed by atoms with Crippen LogP contribution in [-0.4, -0.2) is 30.2 Å². The molecule has 188 valence electrons. The van der Waals surface area contributed by atoms with Crippen molar-refractivity contribution >= 4 is 11.9 Å². The van der Waals surface area contributed by atoms with Gasteiger partial charge in [0.2, 0.25) is 0 Å². The zero-order valence-electron chi connectivity index (χ0n) is 20.7.